The third-order valence-corrected chi connectivity index (χ3v) is 15.1. The molecule has 65 heavy (non-hydrogen) atoms. The Labute approximate surface area is 389 Å². The van der Waals surface area contributed by atoms with Crippen LogP contribution in [0.4, 0.5) is 17.1 Å². The molecule has 1 aromatic heterocycles. The van der Waals surface area contributed by atoms with Crippen LogP contribution in [0.15, 0.2) is 162 Å². The van der Waals surface area contributed by atoms with E-state index in [4.69, 9.17) is 4.42 Å². The van der Waals surface area contributed by atoms with E-state index in [1.54, 1.807) is 0 Å². The van der Waals surface area contributed by atoms with Gasteiger partial charge < -0.3 is 9.32 Å². The summed E-state index contributed by atoms with van der Waals surface area (Å²) in [7, 11) is 20.9. The number of hydrogen-bond donors (Lipinski definition) is 0. The minimum atomic E-state index is 0.910. The zero-order chi connectivity index (χ0) is 44.8. The van der Waals surface area contributed by atoms with Gasteiger partial charge in [0.15, 0.2) is 0 Å². The van der Waals surface area contributed by atoms with Crippen LogP contribution in [0.25, 0.3) is 87.6 Å². The minimum Gasteiger partial charge on any atom is -0.455 e. The predicted octanol–water partition coefficient (Wildman–Crippen LogP) is -0.158. The largest absolute Gasteiger partial charge is 0.455 e. The minimum absolute atomic E-state index is 0.910. The first-order valence-electron chi connectivity index (χ1n) is 22.9. The molecule has 1 heterocycles. The summed E-state index contributed by atoms with van der Waals surface area (Å²) < 4.78 is 6.52. The molecule has 10 aromatic carbocycles. The van der Waals surface area contributed by atoms with Crippen LogP contribution in [0.1, 0.15) is 0 Å². The highest BCUT2D eigenvalue weighted by Crippen LogP contribution is 2.42. The van der Waals surface area contributed by atoms with Gasteiger partial charge in [-0.2, -0.15) is 0 Å². The summed E-state index contributed by atoms with van der Waals surface area (Å²) in [5, 5.41) is 10.2. The Morgan fingerprint density at radius 2 is 0.785 bits per heavy atom. The lowest BCUT2D eigenvalue weighted by Gasteiger charge is -2.33. The van der Waals surface area contributed by atoms with Gasteiger partial charge in [-0.1, -0.05) is 149 Å². The fraction of sp³-hybridized carbons (Fsp3) is 0. The quantitative estimate of drug-likeness (QED) is 0.172. The summed E-state index contributed by atoms with van der Waals surface area (Å²) in [6.45, 7) is 0. The van der Waals surface area contributed by atoms with Crippen LogP contribution in [0.3, 0.4) is 0 Å². The van der Waals surface area contributed by atoms with Crippen molar-refractivity contribution in [2.45, 2.75) is 0 Å². The second-order valence-corrected chi connectivity index (χ2v) is 18.3. The third kappa shape index (κ3) is 6.45. The van der Waals surface area contributed by atoms with E-state index in [0.717, 1.165) is 44.4 Å². The van der Waals surface area contributed by atoms with Crippen molar-refractivity contribution in [1.82, 2.24) is 0 Å². The summed E-state index contributed by atoms with van der Waals surface area (Å²) in [6.07, 6.45) is 0. The molecule has 0 fully saturated rings. The van der Waals surface area contributed by atoms with Crippen LogP contribution < -0.4 is 54.1 Å². The molecule has 11 aromatic rings. The lowest BCUT2D eigenvalue weighted by molar-refractivity contribution is 0.670. The van der Waals surface area contributed by atoms with Gasteiger partial charge in [-0.05, 0) is 96.5 Å². The molecule has 0 N–H and O–H groups in total. The molecule has 0 spiro atoms. The van der Waals surface area contributed by atoms with E-state index < -0.39 is 0 Å². The number of rotatable bonds is 6. The topological polar surface area (TPSA) is 16.4 Å². The average molecular weight is 820 g/mol. The van der Waals surface area contributed by atoms with Crippen molar-refractivity contribution in [2.75, 3.05) is 4.90 Å². The fourth-order valence-electron chi connectivity index (χ4n) is 10.8. The Morgan fingerprint density at radius 1 is 0.323 bits per heavy atom. The normalized spacial score (nSPS) is 11.6. The maximum Gasteiger partial charge on any atom is 0.143 e. The Bertz CT molecular complexity index is 3750. The molecule has 11 heteroatoms. The van der Waals surface area contributed by atoms with Crippen molar-refractivity contribution in [3.63, 3.8) is 0 Å². The van der Waals surface area contributed by atoms with Gasteiger partial charge in [0.1, 0.15) is 81.8 Å². The maximum atomic E-state index is 6.52. The van der Waals surface area contributed by atoms with E-state index >= 15 is 0 Å². The van der Waals surface area contributed by atoms with Crippen molar-refractivity contribution < 1.29 is 4.42 Å². The molecule has 0 saturated carbocycles. The van der Waals surface area contributed by atoms with E-state index in [9.17, 15) is 0 Å². The van der Waals surface area contributed by atoms with Crippen LogP contribution in [-0.2, 0) is 0 Å². The lowest BCUT2D eigenvalue weighted by Crippen LogP contribution is -2.52. The number of furan rings is 1. The fourth-order valence-corrected chi connectivity index (χ4v) is 10.8. The molecule has 0 aliphatic heterocycles. The highest BCUT2D eigenvalue weighted by molar-refractivity contribution is 6.73. The van der Waals surface area contributed by atoms with Gasteiger partial charge in [0, 0.05) is 33.4 Å². The number of nitrogens with zero attached hydrogens (tertiary/aromatic N) is 1. The number of fused-ring (bicyclic) bond motifs is 7. The molecule has 0 aliphatic carbocycles. The van der Waals surface area contributed by atoms with Crippen molar-refractivity contribution in [2.24, 2.45) is 0 Å². The van der Waals surface area contributed by atoms with E-state index in [-0.39, 0.29) is 0 Å². The van der Waals surface area contributed by atoms with Gasteiger partial charge in [0.25, 0.3) is 0 Å². The second kappa shape index (κ2) is 15.7. The van der Waals surface area contributed by atoms with Gasteiger partial charge in [-0.15, -0.1) is 21.9 Å². The summed E-state index contributed by atoms with van der Waals surface area (Å²) >= 11 is 0. The average Bonchev–Trinajstić information content (AvgIpc) is 3.73. The van der Waals surface area contributed by atoms with E-state index in [1.165, 1.54) is 109 Å². The first-order valence-corrected chi connectivity index (χ1v) is 22.9. The molecule has 298 valence electrons. The smallest absolute Gasteiger partial charge is 0.143 e. The van der Waals surface area contributed by atoms with Crippen LogP contribution >= 0.6 is 0 Å². The van der Waals surface area contributed by atoms with Crippen molar-refractivity contribution in [1.29, 1.82) is 0 Å². The molecular weight excluding hydrogens is 776 g/mol. The second-order valence-electron chi connectivity index (χ2n) is 18.3. The SMILES string of the molecule is Bc1c(B)c(B)c2c(c1B)c(B)c(N(c1ccc(-c3ccc(-c4ccc5ccccc5c4)cc3)cc1)c1ccc(-c3cccc4c3oc3ccccc34)cc1)c1c(B)c(B)c(B)c(B)c12. The van der Waals surface area contributed by atoms with Crippen molar-refractivity contribution in [3.05, 3.63) is 158 Å². The Kier molecular flexibility index (Phi) is 9.88. The number of anilines is 3. The van der Waals surface area contributed by atoms with Gasteiger partial charge >= 0.3 is 0 Å². The van der Waals surface area contributed by atoms with Gasteiger partial charge in [0.05, 0.1) is 0 Å². The summed E-state index contributed by atoms with van der Waals surface area (Å²) in [5.41, 5.74) is 24.5. The van der Waals surface area contributed by atoms with Gasteiger partial charge in [-0.3, -0.25) is 0 Å². The predicted molar refractivity (Wildman–Crippen MR) is 311 cm³/mol. The Hall–Kier alpha value is -6.84. The van der Waals surface area contributed by atoms with Crippen LogP contribution in [0, 0.1) is 0 Å². The molecule has 0 unspecified atom stereocenters. The first-order chi connectivity index (χ1) is 31.5. The zero-order valence-electron chi connectivity index (χ0n) is 38.9. The third-order valence-electron chi connectivity index (χ3n) is 15.1. The molecule has 0 bridgehead atoms. The van der Waals surface area contributed by atoms with Crippen molar-refractivity contribution in [3.8, 4) is 33.4 Å². The van der Waals surface area contributed by atoms with Gasteiger partial charge in [0.2, 0.25) is 0 Å². The Balaban J connectivity index is 1.10. The zero-order valence-corrected chi connectivity index (χ0v) is 38.9. The van der Waals surface area contributed by atoms with E-state index in [1.807, 2.05) is 6.07 Å². The van der Waals surface area contributed by atoms with Crippen molar-refractivity contribution >= 4 is 191 Å². The maximum absolute atomic E-state index is 6.52. The molecule has 2 nitrogen and oxygen atoms in total. The number of benzene rings is 10. The Morgan fingerprint density at radius 3 is 1.42 bits per heavy atom. The monoisotopic (exact) mass is 821 g/mol. The van der Waals surface area contributed by atoms with E-state index in [0.29, 0.717) is 0 Å². The summed E-state index contributed by atoms with van der Waals surface area (Å²) in [5.74, 6) is 0. The molecule has 0 saturated heterocycles. The molecule has 11 rings (SSSR count). The van der Waals surface area contributed by atoms with Gasteiger partial charge in [-0.25, -0.2) is 0 Å². The van der Waals surface area contributed by atoms with E-state index in [2.05, 4.69) is 227 Å². The standard InChI is InChI=1S/C54H44B9NO/c55-44-40-41-43(47(58)52(63)50(61)45(41)56)53(48(59)42(40)46(57)51(62)49(44)60)64(35-24-20-31(21-25-35)36-9-5-10-38-37-8-3-4-11-39(37)65-54(36)38)34-22-18-29(19-23-34)28-12-14-30(15-13-28)33-17-16-27-6-1-2-7-32(27)26-33/h1-26H,55-63H2. The molecule has 0 amide bonds. The molecule has 0 radical (unpaired) electrons. The summed E-state index contributed by atoms with van der Waals surface area (Å²) in [6, 6.07) is 57.5. The molecular formula is C54H44B9NO. The number of hydrogen-bond acceptors (Lipinski definition) is 2. The molecule has 0 atom stereocenters. The number of para-hydroxylation sites is 2. The highest BCUT2D eigenvalue weighted by Gasteiger charge is 2.26. The summed E-state index contributed by atoms with van der Waals surface area (Å²) in [4.78, 5) is 2.53. The van der Waals surface area contributed by atoms with Crippen LogP contribution in [0.5, 0.6) is 0 Å². The van der Waals surface area contributed by atoms with Crippen LogP contribution in [-0.4, -0.2) is 70.6 Å². The first kappa shape index (κ1) is 40.9. The molecule has 0 aliphatic rings. The van der Waals surface area contributed by atoms with Crippen LogP contribution in [0.2, 0.25) is 0 Å². The highest BCUT2D eigenvalue weighted by atomic mass is 16.3. The lowest BCUT2D eigenvalue weighted by atomic mass is 9.59.